The molecule has 0 unspecified atom stereocenters. The van der Waals surface area contributed by atoms with Gasteiger partial charge in [-0.3, -0.25) is 9.78 Å². The smallest absolute Gasteiger partial charge is 0.284 e. The number of aromatic nitrogens is 2. The average molecular weight is 442 g/mol. The zero-order chi connectivity index (χ0) is 22.8. The lowest BCUT2D eigenvalue weighted by molar-refractivity contribution is 0.0974. The molecule has 5 rings (SSSR count). The summed E-state index contributed by atoms with van der Waals surface area (Å²) in [4.78, 5) is 19.3. The third-order valence-corrected chi connectivity index (χ3v) is 5.39. The molecule has 0 aliphatic rings. The number of para-hydroxylation sites is 1. The Labute approximate surface area is 189 Å². The Hall–Kier alpha value is -4.30. The van der Waals surface area contributed by atoms with Gasteiger partial charge in [-0.25, -0.2) is 0 Å². The van der Waals surface area contributed by atoms with E-state index in [1.54, 1.807) is 36.9 Å². The van der Waals surface area contributed by atoms with Crippen LogP contribution < -0.4 is 16.2 Å². The standard InChI is InChI=1S/C25H22N4O4/c26-17(9-16-11-28-21-4-2-1-3-19(16)21)14-32-18-10-20(22-5-6-23(33-22)25(27)30)24(29-12-18)15-7-8-31-13-15/h1-8,10-13,17,28H,9,14,26H2,(H2,27,30)/t17-/m0/s1. The Bertz CT molecular complexity index is 1400. The van der Waals surface area contributed by atoms with Gasteiger partial charge < -0.3 is 30.0 Å². The minimum Gasteiger partial charge on any atom is -0.490 e. The monoisotopic (exact) mass is 442 g/mol. The summed E-state index contributed by atoms with van der Waals surface area (Å²) in [6, 6.07) is 14.7. The molecule has 0 spiro atoms. The first kappa shape index (κ1) is 20.6. The number of primary amides is 1. The van der Waals surface area contributed by atoms with Crippen LogP contribution in [-0.2, 0) is 6.42 Å². The molecule has 8 nitrogen and oxygen atoms in total. The highest BCUT2D eigenvalue weighted by molar-refractivity contribution is 5.91. The van der Waals surface area contributed by atoms with Crippen molar-refractivity contribution in [1.82, 2.24) is 9.97 Å². The van der Waals surface area contributed by atoms with E-state index in [2.05, 4.69) is 16.0 Å². The molecule has 4 aromatic heterocycles. The third kappa shape index (κ3) is 4.24. The topological polar surface area (TPSA) is 133 Å². The number of hydrogen-bond acceptors (Lipinski definition) is 6. The van der Waals surface area contributed by atoms with E-state index in [-0.39, 0.29) is 11.8 Å². The van der Waals surface area contributed by atoms with E-state index in [1.807, 2.05) is 24.4 Å². The molecule has 4 heterocycles. The summed E-state index contributed by atoms with van der Waals surface area (Å²) in [6.07, 6.45) is 7.42. The van der Waals surface area contributed by atoms with Crippen LogP contribution >= 0.6 is 0 Å². The van der Waals surface area contributed by atoms with Crippen molar-refractivity contribution in [3.05, 3.63) is 84.8 Å². The summed E-state index contributed by atoms with van der Waals surface area (Å²) in [5.41, 5.74) is 16.0. The number of nitrogens with one attached hydrogen (secondary N) is 1. The molecule has 1 amide bonds. The lowest BCUT2D eigenvalue weighted by Gasteiger charge is -2.14. The van der Waals surface area contributed by atoms with E-state index in [0.717, 1.165) is 22.0 Å². The van der Waals surface area contributed by atoms with E-state index in [1.165, 1.54) is 6.07 Å². The largest absolute Gasteiger partial charge is 0.490 e. The molecule has 5 N–H and O–H groups in total. The van der Waals surface area contributed by atoms with Crippen LogP contribution in [0.4, 0.5) is 0 Å². The molecule has 1 atom stereocenters. The first-order chi connectivity index (χ1) is 16.1. The number of pyridine rings is 1. The summed E-state index contributed by atoms with van der Waals surface area (Å²) in [5.74, 6) is 0.398. The minimum absolute atomic E-state index is 0.0650. The number of fused-ring (bicyclic) bond motifs is 1. The van der Waals surface area contributed by atoms with Gasteiger partial charge in [-0.2, -0.15) is 0 Å². The van der Waals surface area contributed by atoms with E-state index in [4.69, 9.17) is 25.0 Å². The predicted octanol–water partition coefficient (Wildman–Crippen LogP) is 4.13. The van der Waals surface area contributed by atoms with Crippen LogP contribution in [0.15, 0.2) is 82.3 Å². The number of amides is 1. The van der Waals surface area contributed by atoms with Gasteiger partial charge in [0.05, 0.1) is 24.4 Å². The number of benzene rings is 1. The van der Waals surface area contributed by atoms with Crippen LogP contribution in [0.2, 0.25) is 0 Å². The van der Waals surface area contributed by atoms with E-state index >= 15 is 0 Å². The normalized spacial score (nSPS) is 12.2. The molecule has 0 saturated heterocycles. The van der Waals surface area contributed by atoms with Gasteiger partial charge in [0.2, 0.25) is 0 Å². The molecule has 33 heavy (non-hydrogen) atoms. The van der Waals surface area contributed by atoms with Gasteiger partial charge in [0.1, 0.15) is 18.1 Å². The first-order valence-electron chi connectivity index (χ1n) is 10.4. The van der Waals surface area contributed by atoms with Crippen LogP contribution in [-0.4, -0.2) is 28.5 Å². The lowest BCUT2D eigenvalue weighted by atomic mass is 10.1. The summed E-state index contributed by atoms with van der Waals surface area (Å²) >= 11 is 0. The number of H-pyrrole nitrogens is 1. The maximum absolute atomic E-state index is 11.5. The fourth-order valence-corrected chi connectivity index (χ4v) is 3.80. The van der Waals surface area contributed by atoms with Gasteiger partial charge in [-0.05, 0) is 42.3 Å². The molecule has 8 heteroatoms. The van der Waals surface area contributed by atoms with Crippen molar-refractivity contribution in [3.63, 3.8) is 0 Å². The van der Waals surface area contributed by atoms with Crippen LogP contribution in [0.5, 0.6) is 5.75 Å². The number of carbonyl (C=O) groups excluding carboxylic acids is 1. The van der Waals surface area contributed by atoms with E-state index in [9.17, 15) is 4.79 Å². The zero-order valence-electron chi connectivity index (χ0n) is 17.7. The number of rotatable bonds is 8. The highest BCUT2D eigenvalue weighted by Crippen LogP contribution is 2.34. The maximum atomic E-state index is 11.5. The number of carbonyl (C=O) groups is 1. The Balaban J connectivity index is 1.36. The fourth-order valence-electron chi connectivity index (χ4n) is 3.80. The second-order valence-corrected chi connectivity index (χ2v) is 7.74. The van der Waals surface area contributed by atoms with Crippen LogP contribution in [0.1, 0.15) is 16.1 Å². The van der Waals surface area contributed by atoms with Crippen LogP contribution in [0, 0.1) is 0 Å². The van der Waals surface area contributed by atoms with Crippen molar-refractivity contribution in [2.24, 2.45) is 11.5 Å². The molecule has 166 valence electrons. The van der Waals surface area contributed by atoms with Crippen molar-refractivity contribution >= 4 is 16.8 Å². The van der Waals surface area contributed by atoms with Crippen molar-refractivity contribution in [3.8, 4) is 28.3 Å². The molecule has 0 aliphatic heterocycles. The number of hydrogen-bond donors (Lipinski definition) is 3. The molecule has 0 bridgehead atoms. The Morgan fingerprint density at radius 1 is 1.18 bits per heavy atom. The van der Waals surface area contributed by atoms with Gasteiger partial charge in [-0.15, -0.1) is 0 Å². The Morgan fingerprint density at radius 2 is 2.06 bits per heavy atom. The highest BCUT2D eigenvalue weighted by Gasteiger charge is 2.17. The second-order valence-electron chi connectivity index (χ2n) is 7.74. The van der Waals surface area contributed by atoms with Crippen molar-refractivity contribution in [1.29, 1.82) is 0 Å². The number of ether oxygens (including phenoxy) is 1. The number of aromatic amines is 1. The molecule has 0 fully saturated rings. The number of nitrogens with zero attached hydrogens (tertiary/aromatic N) is 1. The minimum atomic E-state index is -0.644. The van der Waals surface area contributed by atoms with Gasteiger partial charge >= 0.3 is 0 Å². The molecular weight excluding hydrogens is 420 g/mol. The zero-order valence-corrected chi connectivity index (χ0v) is 17.7. The third-order valence-electron chi connectivity index (χ3n) is 5.39. The lowest BCUT2D eigenvalue weighted by Crippen LogP contribution is -2.30. The number of furan rings is 2. The second kappa shape index (κ2) is 8.68. The molecule has 0 aliphatic carbocycles. The molecule has 5 aromatic rings. The van der Waals surface area contributed by atoms with Gasteiger partial charge in [0.15, 0.2) is 5.76 Å². The fraction of sp³-hybridized carbons (Fsp3) is 0.120. The van der Waals surface area contributed by atoms with Crippen LogP contribution in [0.25, 0.3) is 33.5 Å². The highest BCUT2D eigenvalue weighted by atomic mass is 16.5. The van der Waals surface area contributed by atoms with Crippen molar-refractivity contribution in [2.45, 2.75) is 12.5 Å². The Morgan fingerprint density at radius 3 is 2.85 bits per heavy atom. The van der Waals surface area contributed by atoms with Gasteiger partial charge in [0, 0.05) is 34.3 Å². The van der Waals surface area contributed by atoms with Crippen molar-refractivity contribution < 1.29 is 18.4 Å². The molecule has 1 aromatic carbocycles. The maximum Gasteiger partial charge on any atom is 0.284 e. The summed E-state index contributed by atoms with van der Waals surface area (Å²) in [6.45, 7) is 0.302. The number of nitrogens with two attached hydrogens (primary N) is 2. The molecular formula is C25H22N4O4. The predicted molar refractivity (Wildman–Crippen MR) is 124 cm³/mol. The first-order valence-corrected chi connectivity index (χ1v) is 10.4. The summed E-state index contributed by atoms with van der Waals surface area (Å²) in [7, 11) is 0. The van der Waals surface area contributed by atoms with Gasteiger partial charge in [-0.1, -0.05) is 18.2 Å². The SMILES string of the molecule is NC(=O)c1ccc(-c2cc(OC[C@@H](N)Cc3c[nH]c4ccccc34)cnc2-c2ccoc2)o1. The van der Waals surface area contributed by atoms with E-state index in [0.29, 0.717) is 35.8 Å². The molecule has 0 saturated carbocycles. The summed E-state index contributed by atoms with van der Waals surface area (Å²) in [5, 5.41) is 1.16. The van der Waals surface area contributed by atoms with Crippen LogP contribution in [0.3, 0.4) is 0 Å². The quantitative estimate of drug-likeness (QED) is 0.331. The Kier molecular flexibility index (Phi) is 5.42. The molecule has 0 radical (unpaired) electrons. The van der Waals surface area contributed by atoms with Gasteiger partial charge in [0.25, 0.3) is 5.91 Å². The average Bonchev–Trinajstić information content (AvgIpc) is 3.59. The van der Waals surface area contributed by atoms with Crippen molar-refractivity contribution in [2.75, 3.05) is 6.61 Å². The summed E-state index contributed by atoms with van der Waals surface area (Å²) < 4.78 is 16.8. The van der Waals surface area contributed by atoms with E-state index < -0.39 is 5.91 Å².